The molecule has 1 aliphatic carbocycles. The largest absolute Gasteiger partial charge is 0.444 e. The first kappa shape index (κ1) is 19.8. The van der Waals surface area contributed by atoms with Gasteiger partial charge in [0.25, 0.3) is 0 Å². The van der Waals surface area contributed by atoms with Crippen LogP contribution in [-0.4, -0.2) is 39.8 Å². The van der Waals surface area contributed by atoms with E-state index in [2.05, 4.69) is 5.32 Å². The maximum absolute atomic E-state index is 12.3. The van der Waals surface area contributed by atoms with Crippen molar-refractivity contribution in [2.24, 2.45) is 5.92 Å². The highest BCUT2D eigenvalue weighted by molar-refractivity contribution is 8.14. The lowest BCUT2D eigenvalue weighted by Gasteiger charge is -2.21. The van der Waals surface area contributed by atoms with Crippen LogP contribution in [0.25, 0.3) is 0 Å². The predicted molar refractivity (Wildman–Crippen MR) is 99.7 cm³/mol. The van der Waals surface area contributed by atoms with E-state index in [1.165, 1.54) is 11.8 Å². The van der Waals surface area contributed by atoms with Gasteiger partial charge in [-0.2, -0.15) is 0 Å². The van der Waals surface area contributed by atoms with Crippen molar-refractivity contribution in [1.29, 1.82) is 0 Å². The van der Waals surface area contributed by atoms with Gasteiger partial charge in [0.05, 0.1) is 6.10 Å². The SMILES string of the molecule is CC(C)(C)OC(=O)NCC[C@@H]1CCC(SC(=O)c2ccccc2)[C@@H]1O. The molecule has 3 atom stereocenters. The minimum Gasteiger partial charge on any atom is -0.444 e. The zero-order chi connectivity index (χ0) is 18.4. The van der Waals surface area contributed by atoms with Crippen LogP contribution < -0.4 is 5.32 Å². The van der Waals surface area contributed by atoms with Crippen molar-refractivity contribution < 1.29 is 19.4 Å². The predicted octanol–water partition coefficient (Wildman–Crippen LogP) is 3.61. The number of hydrogen-bond donors (Lipinski definition) is 2. The molecule has 1 aromatic carbocycles. The molecule has 5 nitrogen and oxygen atoms in total. The summed E-state index contributed by atoms with van der Waals surface area (Å²) in [5, 5.41) is 13.1. The summed E-state index contributed by atoms with van der Waals surface area (Å²) in [4.78, 5) is 23.9. The van der Waals surface area contributed by atoms with Crippen LogP contribution >= 0.6 is 11.8 Å². The fraction of sp³-hybridized carbons (Fsp3) is 0.579. The van der Waals surface area contributed by atoms with Gasteiger partial charge in [0.1, 0.15) is 5.60 Å². The molecule has 6 heteroatoms. The Morgan fingerprint density at radius 1 is 1.24 bits per heavy atom. The fourth-order valence-corrected chi connectivity index (χ4v) is 4.08. The van der Waals surface area contributed by atoms with Crippen molar-refractivity contribution in [2.75, 3.05) is 6.54 Å². The number of rotatable bonds is 5. The lowest BCUT2D eigenvalue weighted by atomic mass is 10.0. The standard InChI is InChI=1S/C19H27NO4S/c1-19(2,3)24-18(23)20-12-11-13-9-10-15(16(13)21)25-17(22)14-7-5-4-6-8-14/h4-8,13,15-16,21H,9-12H2,1-3H3,(H,20,23)/t13-,15?,16+/m0/s1. The minimum absolute atomic E-state index is 0.00261. The van der Waals surface area contributed by atoms with Gasteiger partial charge in [0.15, 0.2) is 0 Å². The number of nitrogens with one attached hydrogen (secondary N) is 1. The molecule has 1 aromatic rings. The van der Waals surface area contributed by atoms with E-state index >= 15 is 0 Å². The van der Waals surface area contributed by atoms with Crippen LogP contribution in [0.2, 0.25) is 0 Å². The van der Waals surface area contributed by atoms with Gasteiger partial charge in [0, 0.05) is 17.4 Å². The number of hydrogen-bond acceptors (Lipinski definition) is 5. The lowest BCUT2D eigenvalue weighted by molar-refractivity contribution is 0.0518. The van der Waals surface area contributed by atoms with Crippen LogP contribution in [0, 0.1) is 5.92 Å². The van der Waals surface area contributed by atoms with Crippen LogP contribution in [0.5, 0.6) is 0 Å². The van der Waals surface area contributed by atoms with Crippen molar-refractivity contribution in [1.82, 2.24) is 5.32 Å². The molecule has 1 aliphatic rings. The molecule has 0 spiro atoms. The summed E-state index contributed by atoms with van der Waals surface area (Å²) in [6.45, 7) is 5.91. The van der Waals surface area contributed by atoms with E-state index in [-0.39, 0.29) is 16.3 Å². The Labute approximate surface area is 153 Å². The number of ether oxygens (including phenoxy) is 1. The van der Waals surface area contributed by atoms with Crippen LogP contribution in [-0.2, 0) is 4.74 Å². The van der Waals surface area contributed by atoms with Crippen LogP contribution in [0.15, 0.2) is 30.3 Å². The molecule has 0 saturated heterocycles. The summed E-state index contributed by atoms with van der Waals surface area (Å²) in [5.74, 6) is 0.0935. The van der Waals surface area contributed by atoms with E-state index in [1.807, 2.05) is 39.0 Å². The molecule has 0 radical (unpaired) electrons. The molecule has 0 aliphatic heterocycles. The Morgan fingerprint density at radius 3 is 2.56 bits per heavy atom. The molecule has 1 unspecified atom stereocenters. The minimum atomic E-state index is -0.530. The van der Waals surface area contributed by atoms with E-state index in [9.17, 15) is 14.7 Å². The Kier molecular flexibility index (Phi) is 6.90. The van der Waals surface area contributed by atoms with Crippen LogP contribution in [0.3, 0.4) is 0 Å². The first-order valence-electron chi connectivity index (χ1n) is 8.67. The Balaban J connectivity index is 1.75. The van der Waals surface area contributed by atoms with Gasteiger partial charge in [-0.1, -0.05) is 42.1 Å². The molecule has 1 fully saturated rings. The van der Waals surface area contributed by atoms with Gasteiger partial charge >= 0.3 is 6.09 Å². The highest BCUT2D eigenvalue weighted by Crippen LogP contribution is 2.37. The van der Waals surface area contributed by atoms with Gasteiger partial charge in [-0.25, -0.2) is 4.79 Å². The molecular formula is C19H27NO4S. The Bertz CT molecular complexity index is 585. The second-order valence-electron chi connectivity index (χ2n) is 7.36. The van der Waals surface area contributed by atoms with Gasteiger partial charge in [-0.15, -0.1) is 0 Å². The first-order chi connectivity index (χ1) is 11.8. The number of aliphatic hydroxyl groups is 1. The molecule has 2 rings (SSSR count). The molecule has 0 aromatic heterocycles. The second-order valence-corrected chi connectivity index (χ2v) is 8.57. The normalized spacial score (nSPS) is 23.3. The van der Waals surface area contributed by atoms with Gasteiger partial charge in [0.2, 0.25) is 5.12 Å². The average Bonchev–Trinajstić information content (AvgIpc) is 2.87. The average molecular weight is 365 g/mol. The molecule has 0 bridgehead atoms. The summed E-state index contributed by atoms with van der Waals surface area (Å²) in [7, 11) is 0. The maximum Gasteiger partial charge on any atom is 0.407 e. The van der Waals surface area contributed by atoms with E-state index < -0.39 is 17.8 Å². The number of alkyl carbamates (subject to hydrolysis) is 1. The van der Waals surface area contributed by atoms with Crippen molar-refractivity contribution in [3.05, 3.63) is 35.9 Å². The van der Waals surface area contributed by atoms with Crippen LogP contribution in [0.4, 0.5) is 4.79 Å². The van der Waals surface area contributed by atoms with E-state index in [4.69, 9.17) is 4.74 Å². The highest BCUT2D eigenvalue weighted by Gasteiger charge is 2.36. The van der Waals surface area contributed by atoms with E-state index in [0.29, 0.717) is 18.5 Å². The third kappa shape index (κ3) is 6.36. The Morgan fingerprint density at radius 2 is 1.92 bits per heavy atom. The summed E-state index contributed by atoms with van der Waals surface area (Å²) >= 11 is 1.22. The van der Waals surface area contributed by atoms with Crippen LogP contribution in [0.1, 0.15) is 50.4 Å². The van der Waals surface area contributed by atoms with Crippen molar-refractivity contribution in [2.45, 2.75) is 57.0 Å². The number of aliphatic hydroxyl groups excluding tert-OH is 1. The molecule has 0 heterocycles. The second kappa shape index (κ2) is 8.72. The molecule has 2 N–H and O–H groups in total. The zero-order valence-electron chi connectivity index (χ0n) is 15.0. The number of amides is 1. The number of thioether (sulfide) groups is 1. The maximum atomic E-state index is 12.3. The third-order valence-corrected chi connectivity index (χ3v) is 5.40. The summed E-state index contributed by atoms with van der Waals surface area (Å²) in [6, 6.07) is 9.13. The van der Waals surface area contributed by atoms with E-state index in [0.717, 1.165) is 12.8 Å². The van der Waals surface area contributed by atoms with Gasteiger partial charge in [-0.3, -0.25) is 4.79 Å². The monoisotopic (exact) mass is 365 g/mol. The Hall–Kier alpha value is -1.53. The first-order valence-corrected chi connectivity index (χ1v) is 9.55. The van der Waals surface area contributed by atoms with Gasteiger partial charge < -0.3 is 15.2 Å². The molecule has 1 amide bonds. The molecule has 1 saturated carbocycles. The summed E-state index contributed by atoms with van der Waals surface area (Å²) < 4.78 is 5.19. The topological polar surface area (TPSA) is 75.6 Å². The summed E-state index contributed by atoms with van der Waals surface area (Å²) in [6.07, 6.45) is 1.37. The van der Waals surface area contributed by atoms with E-state index in [1.54, 1.807) is 12.1 Å². The molecule has 25 heavy (non-hydrogen) atoms. The highest BCUT2D eigenvalue weighted by atomic mass is 32.2. The number of benzene rings is 1. The fourth-order valence-electron chi connectivity index (χ4n) is 2.92. The number of carbonyl (C=O) groups is 2. The van der Waals surface area contributed by atoms with Gasteiger partial charge in [-0.05, 0) is 46.0 Å². The lowest BCUT2D eigenvalue weighted by Crippen LogP contribution is -2.34. The third-order valence-electron chi connectivity index (χ3n) is 4.14. The quantitative estimate of drug-likeness (QED) is 0.834. The number of carbonyl (C=O) groups excluding carboxylic acids is 2. The summed E-state index contributed by atoms with van der Waals surface area (Å²) in [5.41, 5.74) is 0.144. The zero-order valence-corrected chi connectivity index (χ0v) is 15.8. The molecule has 138 valence electrons. The van der Waals surface area contributed by atoms with Crippen molar-refractivity contribution in [3.63, 3.8) is 0 Å². The molecular weight excluding hydrogens is 338 g/mol. The van der Waals surface area contributed by atoms with Crippen molar-refractivity contribution >= 4 is 23.0 Å². The smallest absolute Gasteiger partial charge is 0.407 e. The van der Waals surface area contributed by atoms with Crippen molar-refractivity contribution in [3.8, 4) is 0 Å².